The van der Waals surface area contributed by atoms with Crippen LogP contribution in [0.3, 0.4) is 0 Å². The molecule has 0 heterocycles. The van der Waals surface area contributed by atoms with Gasteiger partial charge >= 0.3 is 37.7 Å². The first-order chi connectivity index (χ1) is 7.87. The number of hydrogen-bond acceptors (Lipinski definition) is 8. The van der Waals surface area contributed by atoms with Crippen LogP contribution in [0.4, 0.5) is 0 Å². The largest absolute Gasteiger partial charge is 2.00 e. The maximum absolute atomic E-state index is 9.41. The van der Waals surface area contributed by atoms with Crippen LogP contribution in [0.1, 0.15) is 0 Å². The Kier molecular flexibility index (Phi) is 16.8. The van der Waals surface area contributed by atoms with Crippen molar-refractivity contribution in [2.45, 2.75) is 0 Å². The molecule has 0 spiro atoms. The van der Waals surface area contributed by atoms with Gasteiger partial charge in [-0.1, -0.05) is 0 Å². The van der Waals surface area contributed by atoms with Crippen LogP contribution in [0.5, 0.6) is 0 Å². The van der Waals surface area contributed by atoms with Gasteiger partial charge in [0, 0.05) is 0 Å². The maximum atomic E-state index is 9.41. The first-order valence-corrected chi connectivity index (χ1v) is 4.41. The Labute approximate surface area is 133 Å². The molecule has 0 saturated heterocycles. The van der Waals surface area contributed by atoms with Gasteiger partial charge in [0.1, 0.15) is 0 Å². The normalized spacial score (nSPS) is 10.2. The molecule has 4 N–H and O–H groups in total. The molecule has 0 bridgehead atoms. The van der Waals surface area contributed by atoms with Gasteiger partial charge in [-0.05, 0) is 12.2 Å². The second-order valence-corrected chi connectivity index (χ2v) is 3.10. The van der Waals surface area contributed by atoms with Crippen molar-refractivity contribution >= 4 is 49.7 Å². The van der Waals surface area contributed by atoms with E-state index in [1.807, 2.05) is 0 Å². The quantitative estimate of drug-likeness (QED) is 0.278. The summed E-state index contributed by atoms with van der Waals surface area (Å²) >= 11 is 0. The second-order valence-electron chi connectivity index (χ2n) is 3.10. The molecule has 0 saturated carbocycles. The van der Waals surface area contributed by atoms with Crippen LogP contribution in [-0.2, 0) is 9.59 Å². The summed E-state index contributed by atoms with van der Waals surface area (Å²) in [4.78, 5) is 18.8. The van der Waals surface area contributed by atoms with Crippen LogP contribution < -0.4 is 10.2 Å². The Morgan fingerprint density at radius 1 is 0.833 bits per heavy atom. The molecular formula is C9H14CaO8. The van der Waals surface area contributed by atoms with Crippen LogP contribution in [0, 0.1) is 5.41 Å². The summed E-state index contributed by atoms with van der Waals surface area (Å²) in [5.74, 6) is -3.09. The van der Waals surface area contributed by atoms with E-state index in [1.54, 1.807) is 0 Å². The molecule has 0 fully saturated rings. The van der Waals surface area contributed by atoms with E-state index in [1.165, 1.54) is 0 Å². The number of carboxylic acid groups (broad SMARTS) is 2. The minimum absolute atomic E-state index is 0. The molecular weight excluding hydrogens is 276 g/mol. The van der Waals surface area contributed by atoms with Crippen molar-refractivity contribution in [2.24, 2.45) is 5.41 Å². The summed E-state index contributed by atoms with van der Waals surface area (Å²) in [6, 6.07) is 0. The standard InChI is InChI=1S/C5H12O4.C4H4O4.Ca/c6-1-5(2-7,3-8)4-9;5-3(6)1-2-4(7)8;/h6-9H,1-4H2;1-2H,(H,5,6)(H,7,8);/q;;+2/p-2/b;2-1-;. The number of aliphatic hydroxyl groups is 4. The summed E-state index contributed by atoms with van der Waals surface area (Å²) in [5.41, 5.74) is -1.11. The zero-order chi connectivity index (χ0) is 13.9. The molecule has 9 heteroatoms. The summed E-state index contributed by atoms with van der Waals surface area (Å²) in [7, 11) is 0. The smallest absolute Gasteiger partial charge is 0.545 e. The minimum Gasteiger partial charge on any atom is -0.545 e. The van der Waals surface area contributed by atoms with Gasteiger partial charge in [-0.3, -0.25) is 0 Å². The van der Waals surface area contributed by atoms with E-state index < -0.39 is 43.8 Å². The molecule has 0 aromatic rings. The van der Waals surface area contributed by atoms with Crippen LogP contribution in [0.25, 0.3) is 0 Å². The molecule has 0 aromatic carbocycles. The Hall–Kier alpha value is -0.220. The average Bonchev–Trinajstić information content (AvgIpc) is 2.31. The minimum atomic E-state index is -1.55. The topological polar surface area (TPSA) is 161 Å². The molecule has 0 aliphatic carbocycles. The van der Waals surface area contributed by atoms with Gasteiger partial charge in [0.25, 0.3) is 0 Å². The third-order valence-corrected chi connectivity index (χ3v) is 1.70. The van der Waals surface area contributed by atoms with E-state index in [4.69, 9.17) is 20.4 Å². The Morgan fingerprint density at radius 3 is 1.11 bits per heavy atom. The monoisotopic (exact) mass is 290 g/mol. The third kappa shape index (κ3) is 12.2. The molecule has 0 unspecified atom stereocenters. The number of hydrogen-bond donors (Lipinski definition) is 4. The molecule has 0 amide bonds. The number of carbonyl (C=O) groups is 2. The zero-order valence-corrected chi connectivity index (χ0v) is 11.8. The number of carboxylic acids is 2. The van der Waals surface area contributed by atoms with Crippen LogP contribution >= 0.6 is 0 Å². The van der Waals surface area contributed by atoms with Crippen LogP contribution in [0.2, 0.25) is 0 Å². The van der Waals surface area contributed by atoms with Gasteiger partial charge in [-0.15, -0.1) is 0 Å². The molecule has 0 aromatic heterocycles. The number of carbonyl (C=O) groups excluding carboxylic acids is 2. The van der Waals surface area contributed by atoms with Crippen molar-refractivity contribution in [1.82, 2.24) is 0 Å². The summed E-state index contributed by atoms with van der Waals surface area (Å²) in [6.45, 7) is -1.62. The predicted octanol–water partition coefficient (Wildman–Crippen LogP) is -5.40. The SMILES string of the molecule is O=C([O-])/C=C\C(=O)[O-].OCC(CO)(CO)CO.[Ca+2]. The van der Waals surface area contributed by atoms with Crippen molar-refractivity contribution in [3.63, 3.8) is 0 Å². The van der Waals surface area contributed by atoms with E-state index >= 15 is 0 Å². The van der Waals surface area contributed by atoms with E-state index in [-0.39, 0.29) is 37.7 Å². The van der Waals surface area contributed by atoms with Crippen molar-refractivity contribution in [3.05, 3.63) is 12.2 Å². The molecule has 18 heavy (non-hydrogen) atoms. The molecule has 100 valence electrons. The fraction of sp³-hybridized carbons (Fsp3) is 0.556. The number of rotatable bonds is 6. The number of aliphatic carboxylic acids is 2. The first-order valence-electron chi connectivity index (χ1n) is 4.41. The van der Waals surface area contributed by atoms with Gasteiger partial charge in [-0.2, -0.15) is 0 Å². The molecule has 0 radical (unpaired) electrons. The van der Waals surface area contributed by atoms with Crippen LogP contribution in [0.15, 0.2) is 12.2 Å². The fourth-order valence-electron chi connectivity index (χ4n) is 0.436. The van der Waals surface area contributed by atoms with Crippen molar-refractivity contribution < 1.29 is 40.2 Å². The summed E-state index contributed by atoms with van der Waals surface area (Å²) in [6.07, 6.45) is 0.769. The van der Waals surface area contributed by atoms with E-state index in [0.29, 0.717) is 12.2 Å². The van der Waals surface area contributed by atoms with E-state index in [9.17, 15) is 19.8 Å². The third-order valence-electron chi connectivity index (χ3n) is 1.70. The zero-order valence-electron chi connectivity index (χ0n) is 9.61. The summed E-state index contributed by atoms with van der Waals surface area (Å²) < 4.78 is 0. The van der Waals surface area contributed by atoms with Gasteiger partial charge < -0.3 is 40.2 Å². The predicted molar refractivity (Wildman–Crippen MR) is 55.7 cm³/mol. The van der Waals surface area contributed by atoms with Crippen molar-refractivity contribution in [1.29, 1.82) is 0 Å². The Bertz CT molecular complexity index is 228. The van der Waals surface area contributed by atoms with Crippen molar-refractivity contribution in [3.8, 4) is 0 Å². The Morgan fingerprint density at radius 2 is 1.06 bits per heavy atom. The average molecular weight is 290 g/mol. The van der Waals surface area contributed by atoms with Gasteiger partial charge in [0.2, 0.25) is 0 Å². The Balaban J connectivity index is -0.000000238. The fourth-order valence-corrected chi connectivity index (χ4v) is 0.436. The first kappa shape index (κ1) is 22.9. The van der Waals surface area contributed by atoms with Crippen molar-refractivity contribution in [2.75, 3.05) is 26.4 Å². The van der Waals surface area contributed by atoms with E-state index in [0.717, 1.165) is 0 Å². The molecule has 0 aliphatic heterocycles. The summed E-state index contributed by atoms with van der Waals surface area (Å²) in [5, 5.41) is 52.8. The van der Waals surface area contributed by atoms with Crippen LogP contribution in [-0.4, -0.2) is 96.5 Å². The maximum Gasteiger partial charge on any atom is 2.00 e. The van der Waals surface area contributed by atoms with Gasteiger partial charge in [0.15, 0.2) is 0 Å². The molecule has 8 nitrogen and oxygen atoms in total. The molecule has 0 atom stereocenters. The second kappa shape index (κ2) is 13.2. The molecule has 0 rings (SSSR count). The number of aliphatic hydroxyl groups excluding tert-OH is 4. The van der Waals surface area contributed by atoms with Gasteiger partial charge in [0.05, 0.1) is 43.8 Å². The van der Waals surface area contributed by atoms with E-state index in [2.05, 4.69) is 0 Å². The van der Waals surface area contributed by atoms with Gasteiger partial charge in [-0.25, -0.2) is 0 Å². The molecule has 0 aliphatic rings.